The highest BCUT2D eigenvalue weighted by atomic mass is 32.1. The van der Waals surface area contributed by atoms with E-state index in [1.54, 1.807) is 0 Å². The summed E-state index contributed by atoms with van der Waals surface area (Å²) in [4.78, 5) is 0. The molecule has 0 aliphatic carbocycles. The smallest absolute Gasteiger partial charge is 0.163 e. The van der Waals surface area contributed by atoms with E-state index in [0.29, 0.717) is 25.4 Å². The van der Waals surface area contributed by atoms with Gasteiger partial charge in [-0.1, -0.05) is 18.8 Å². The van der Waals surface area contributed by atoms with Gasteiger partial charge in [0, 0.05) is 6.42 Å². The van der Waals surface area contributed by atoms with Crippen molar-refractivity contribution in [3.63, 3.8) is 0 Å². The van der Waals surface area contributed by atoms with Gasteiger partial charge in [0.05, 0.1) is 6.54 Å². The Morgan fingerprint density at radius 2 is 1.21 bits per heavy atom. The fourth-order valence-corrected chi connectivity index (χ4v) is 0.239. The van der Waals surface area contributed by atoms with E-state index in [4.69, 9.17) is 31.4 Å². The maximum atomic E-state index is 4.92. The maximum absolute atomic E-state index is 4.92. The molecule has 4 N–H and O–H groups in total. The van der Waals surface area contributed by atoms with E-state index in [1.807, 2.05) is 12.2 Å². The van der Waals surface area contributed by atoms with Crippen LogP contribution in [-0.4, -0.2) is 25.4 Å². The van der Waals surface area contributed by atoms with Gasteiger partial charge in [0.1, 0.15) is 13.1 Å². The lowest BCUT2D eigenvalue weighted by Gasteiger charge is -1.83. The third kappa shape index (κ3) is 124. The van der Waals surface area contributed by atoms with Crippen molar-refractivity contribution in [2.75, 3.05) is 25.4 Å². The summed E-state index contributed by atoms with van der Waals surface area (Å²) in [6.07, 6.45) is 24.8. The van der Waals surface area contributed by atoms with Crippen molar-refractivity contribution in [3.05, 3.63) is 0 Å². The molecule has 0 aliphatic rings. The van der Waals surface area contributed by atoms with Crippen LogP contribution < -0.4 is 11.1 Å². The van der Waals surface area contributed by atoms with Gasteiger partial charge in [0.15, 0.2) is 5.75 Å². The minimum absolute atomic E-state index is 0.347. The normalized spacial score (nSPS) is 5.58. The Kier molecular flexibility index (Phi) is 60.3. The van der Waals surface area contributed by atoms with Crippen LogP contribution in [0.3, 0.4) is 0 Å². The van der Waals surface area contributed by atoms with Crippen LogP contribution in [0.25, 0.3) is 0 Å². The van der Waals surface area contributed by atoms with Crippen LogP contribution in [0.1, 0.15) is 13.3 Å². The quantitative estimate of drug-likeness (QED) is 0.381. The third-order valence-electron chi connectivity index (χ3n) is 0.948. The summed E-state index contributed by atoms with van der Waals surface area (Å²) in [5.41, 5.74) is 4.79. The van der Waals surface area contributed by atoms with Crippen molar-refractivity contribution < 1.29 is 5.32 Å². The highest BCUT2D eigenvalue weighted by molar-refractivity contribution is 7.58. The summed E-state index contributed by atoms with van der Waals surface area (Å²) < 4.78 is 0. The summed E-state index contributed by atoms with van der Waals surface area (Å²) in [5, 5.41) is 1.89. The van der Waals surface area contributed by atoms with Crippen LogP contribution in [0.2, 0.25) is 0 Å². The van der Waals surface area contributed by atoms with E-state index in [2.05, 4.69) is 48.7 Å². The average molecular weight is 276 g/mol. The largest absolute Gasteiger partial charge is 0.326 e. The van der Waals surface area contributed by atoms with Crippen molar-refractivity contribution in [3.8, 4) is 61.7 Å². The zero-order valence-corrected chi connectivity index (χ0v) is 12.6. The van der Waals surface area contributed by atoms with Gasteiger partial charge in [-0.05, 0) is 24.5 Å². The first kappa shape index (κ1) is 25.8. The molecule has 0 saturated heterocycles. The molecule has 0 aliphatic heterocycles. The van der Waals surface area contributed by atoms with Crippen LogP contribution in [0.4, 0.5) is 0 Å². The van der Waals surface area contributed by atoms with Crippen LogP contribution in [0.5, 0.6) is 0 Å². The lowest BCUT2D eigenvalue weighted by Crippen LogP contribution is -2.83. The summed E-state index contributed by atoms with van der Waals surface area (Å²) in [6.45, 7) is 3.66. The molecule has 3 heteroatoms. The molecule has 0 aromatic rings. The first-order chi connectivity index (χ1) is 9.16. The molecule has 102 valence electrons. The van der Waals surface area contributed by atoms with E-state index in [1.165, 1.54) is 0 Å². The predicted octanol–water partition coefficient (Wildman–Crippen LogP) is -0.945. The van der Waals surface area contributed by atoms with Gasteiger partial charge in [0.25, 0.3) is 0 Å². The van der Waals surface area contributed by atoms with Gasteiger partial charge in [-0.15, -0.1) is 38.0 Å². The predicted molar refractivity (Wildman–Crippen MR) is 90.2 cm³/mol. The molecule has 0 bridgehead atoms. The van der Waals surface area contributed by atoms with Gasteiger partial charge in [-0.25, -0.2) is 0 Å². The Hall–Kier alpha value is -1.93. The van der Waals surface area contributed by atoms with Crippen LogP contribution >= 0.6 is 0 Å². The molecular weight excluding hydrogens is 252 g/mol. The number of rotatable bonds is 2. The second-order valence-electron chi connectivity index (χ2n) is 2.45. The number of hydrogen-bond donors (Lipinski definition) is 2. The molecule has 0 aromatic carbocycles. The first-order valence-corrected chi connectivity index (χ1v) is 6.20. The van der Waals surface area contributed by atoms with Crippen molar-refractivity contribution >= 4 is 12.6 Å². The molecule has 0 fully saturated rings. The summed E-state index contributed by atoms with van der Waals surface area (Å²) >= 11 is 3.05. The van der Waals surface area contributed by atoms with E-state index >= 15 is 0 Å². The minimum atomic E-state index is 0.347. The second kappa shape index (κ2) is 44.4. The molecule has 0 rings (SSSR count). The first-order valence-electron chi connectivity index (χ1n) is 5.50. The standard InChI is InChI=1S/C6H7N.C4H6.C3H5N.C3H4S/c1-3-5-7-6-4-2;1-3-4-2;2*1-2-3-4/h1-2,7H,5-6H2;1H,4H2,2H3;1H,3-4H2;1,4H,3H2/p+2. The van der Waals surface area contributed by atoms with Crippen molar-refractivity contribution in [1.29, 1.82) is 0 Å². The van der Waals surface area contributed by atoms with E-state index in [-0.39, 0.29) is 0 Å². The Morgan fingerprint density at radius 1 is 0.895 bits per heavy atom. The lowest BCUT2D eigenvalue weighted by molar-refractivity contribution is -0.632. The monoisotopic (exact) mass is 276 g/mol. The molecule has 0 radical (unpaired) electrons. The van der Waals surface area contributed by atoms with E-state index in [0.717, 1.165) is 6.42 Å². The molecule has 0 amide bonds. The lowest BCUT2D eigenvalue weighted by atomic mass is 10.5. The summed E-state index contributed by atoms with van der Waals surface area (Å²) in [5.74, 6) is 12.5. The molecule has 0 unspecified atom stereocenters. The Morgan fingerprint density at radius 3 is 1.32 bits per heavy atom. The molecule has 0 saturated carbocycles. The highest BCUT2D eigenvalue weighted by Gasteiger charge is 1.74. The topological polar surface area (TPSA) is 42.6 Å². The SMILES string of the molecule is C#CCC.C#CCN.C#CC[NH2+]CC#C.C#CC[SH2+]. The zero-order valence-electron chi connectivity index (χ0n) is 11.6. The van der Waals surface area contributed by atoms with Gasteiger partial charge >= 0.3 is 0 Å². The van der Waals surface area contributed by atoms with Gasteiger partial charge in [0.2, 0.25) is 0 Å². The van der Waals surface area contributed by atoms with Gasteiger partial charge in [-0.3, -0.25) is 0 Å². The number of terminal acetylenes is 5. The molecule has 2 nitrogen and oxygen atoms in total. The summed E-state index contributed by atoms with van der Waals surface area (Å²) in [7, 11) is 0. The average Bonchev–Trinajstić information content (AvgIpc) is 2.48. The van der Waals surface area contributed by atoms with Crippen molar-refractivity contribution in [2.24, 2.45) is 5.73 Å². The Balaban J connectivity index is -0.0000000825. The number of hydrogen-bond acceptors (Lipinski definition) is 1. The minimum Gasteiger partial charge on any atom is -0.326 e. The highest BCUT2D eigenvalue weighted by Crippen LogP contribution is 1.58. The zero-order chi connectivity index (χ0) is 15.8. The maximum Gasteiger partial charge on any atom is 0.163 e. The van der Waals surface area contributed by atoms with Crippen LogP contribution in [0, 0.1) is 61.7 Å². The van der Waals surface area contributed by atoms with Gasteiger partial charge < -0.3 is 11.1 Å². The fraction of sp³-hybridized carbons (Fsp3) is 0.375. The van der Waals surface area contributed by atoms with Crippen molar-refractivity contribution in [2.45, 2.75) is 13.3 Å². The molecular formula is C16H24N2S+2. The van der Waals surface area contributed by atoms with E-state index in [9.17, 15) is 0 Å². The molecule has 0 atom stereocenters. The summed E-state index contributed by atoms with van der Waals surface area (Å²) in [6, 6.07) is 0. The Bertz CT molecular complexity index is 292. The van der Waals surface area contributed by atoms with E-state index < -0.39 is 0 Å². The molecule has 0 heterocycles. The molecule has 0 aromatic heterocycles. The number of nitrogens with two attached hydrogens (primary N) is 2. The molecule has 19 heavy (non-hydrogen) atoms. The van der Waals surface area contributed by atoms with Gasteiger partial charge in [-0.2, -0.15) is 0 Å². The third-order valence-corrected chi connectivity index (χ3v) is 1.15. The molecule has 0 spiro atoms. The van der Waals surface area contributed by atoms with Crippen LogP contribution in [-0.2, 0) is 12.6 Å². The number of quaternary nitrogens is 1. The Labute approximate surface area is 124 Å². The second-order valence-corrected chi connectivity index (χ2v) is 2.81. The van der Waals surface area contributed by atoms with Crippen LogP contribution in [0.15, 0.2) is 0 Å². The fourth-order valence-electron chi connectivity index (χ4n) is 0.239. The van der Waals surface area contributed by atoms with Crippen molar-refractivity contribution in [1.82, 2.24) is 0 Å².